The summed E-state index contributed by atoms with van der Waals surface area (Å²) in [5, 5.41) is 0.833. The van der Waals surface area contributed by atoms with Crippen LogP contribution in [-0.4, -0.2) is 0 Å². The Kier molecular flexibility index (Phi) is 2.68. The van der Waals surface area contributed by atoms with Gasteiger partial charge >= 0.3 is 0 Å². The molecule has 0 heterocycles. The van der Waals surface area contributed by atoms with Crippen LogP contribution in [0.15, 0.2) is 48.5 Å². The highest BCUT2D eigenvalue weighted by Gasteiger charge is 2.28. The van der Waals surface area contributed by atoms with Crippen molar-refractivity contribution < 1.29 is 0 Å². The van der Waals surface area contributed by atoms with Gasteiger partial charge in [-0.2, -0.15) is 0 Å². The minimum absolute atomic E-state index is 0.514. The minimum atomic E-state index is 0.514. The van der Waals surface area contributed by atoms with Gasteiger partial charge in [0.1, 0.15) is 0 Å². The molecule has 0 bridgehead atoms. The number of benzene rings is 2. The molecule has 1 heteroatoms. The molecule has 86 valence electrons. The summed E-state index contributed by atoms with van der Waals surface area (Å²) < 4.78 is 0. The SMILES string of the molecule is CC1CC(c2cccc(Cl)c2)c2ccccc21. The summed E-state index contributed by atoms with van der Waals surface area (Å²) in [5.74, 6) is 1.16. The van der Waals surface area contributed by atoms with Crippen LogP contribution in [0.3, 0.4) is 0 Å². The fourth-order valence-electron chi connectivity index (χ4n) is 2.92. The van der Waals surface area contributed by atoms with Crippen LogP contribution in [0.2, 0.25) is 5.02 Å². The van der Waals surface area contributed by atoms with Crippen molar-refractivity contribution in [2.45, 2.75) is 25.2 Å². The van der Waals surface area contributed by atoms with E-state index in [1.807, 2.05) is 12.1 Å². The Morgan fingerprint density at radius 2 is 1.76 bits per heavy atom. The maximum atomic E-state index is 6.09. The maximum Gasteiger partial charge on any atom is 0.0408 e. The lowest BCUT2D eigenvalue weighted by molar-refractivity contribution is 0.686. The van der Waals surface area contributed by atoms with Gasteiger partial charge in [0.15, 0.2) is 0 Å². The zero-order valence-electron chi connectivity index (χ0n) is 9.86. The number of fused-ring (bicyclic) bond motifs is 1. The monoisotopic (exact) mass is 242 g/mol. The molecule has 2 unspecified atom stereocenters. The Bertz CT molecular complexity index is 545. The van der Waals surface area contributed by atoms with Crippen LogP contribution in [0.5, 0.6) is 0 Å². The van der Waals surface area contributed by atoms with E-state index in [-0.39, 0.29) is 0 Å². The molecular formula is C16H15Cl. The van der Waals surface area contributed by atoms with Crippen molar-refractivity contribution in [3.05, 3.63) is 70.2 Å². The van der Waals surface area contributed by atoms with Gasteiger partial charge in [-0.15, -0.1) is 0 Å². The van der Waals surface area contributed by atoms with E-state index in [2.05, 4.69) is 43.3 Å². The van der Waals surface area contributed by atoms with Crippen molar-refractivity contribution in [2.24, 2.45) is 0 Å². The third-order valence-electron chi connectivity index (χ3n) is 3.74. The predicted molar refractivity (Wildman–Crippen MR) is 72.8 cm³/mol. The van der Waals surface area contributed by atoms with E-state index in [4.69, 9.17) is 11.6 Å². The first kappa shape index (κ1) is 10.9. The van der Waals surface area contributed by atoms with Crippen LogP contribution in [0.1, 0.15) is 41.9 Å². The summed E-state index contributed by atoms with van der Waals surface area (Å²) in [7, 11) is 0. The van der Waals surface area contributed by atoms with Gasteiger partial charge in [0.2, 0.25) is 0 Å². The highest BCUT2D eigenvalue weighted by molar-refractivity contribution is 6.30. The lowest BCUT2D eigenvalue weighted by Crippen LogP contribution is -1.95. The molecule has 0 nitrogen and oxygen atoms in total. The second-order valence-corrected chi connectivity index (χ2v) is 5.31. The summed E-state index contributed by atoms with van der Waals surface area (Å²) in [5.41, 5.74) is 4.31. The van der Waals surface area contributed by atoms with E-state index in [0.717, 1.165) is 5.02 Å². The molecule has 0 spiro atoms. The van der Waals surface area contributed by atoms with Gasteiger partial charge in [0.05, 0.1) is 0 Å². The molecule has 0 saturated carbocycles. The van der Waals surface area contributed by atoms with Gasteiger partial charge in [0, 0.05) is 10.9 Å². The molecule has 17 heavy (non-hydrogen) atoms. The lowest BCUT2D eigenvalue weighted by Gasteiger charge is -2.12. The Morgan fingerprint density at radius 1 is 1.00 bits per heavy atom. The Balaban J connectivity index is 2.07. The summed E-state index contributed by atoms with van der Waals surface area (Å²) in [6, 6.07) is 17.0. The Labute approximate surface area is 107 Å². The minimum Gasteiger partial charge on any atom is -0.0843 e. The van der Waals surface area contributed by atoms with E-state index in [1.54, 1.807) is 0 Å². The number of halogens is 1. The van der Waals surface area contributed by atoms with Crippen LogP contribution in [-0.2, 0) is 0 Å². The molecule has 0 fully saturated rings. The normalized spacial score (nSPS) is 22.5. The third-order valence-corrected chi connectivity index (χ3v) is 3.98. The van der Waals surface area contributed by atoms with Crippen molar-refractivity contribution in [2.75, 3.05) is 0 Å². The fourth-order valence-corrected chi connectivity index (χ4v) is 3.12. The van der Waals surface area contributed by atoms with Gasteiger partial charge in [-0.25, -0.2) is 0 Å². The summed E-state index contributed by atoms with van der Waals surface area (Å²) >= 11 is 6.09. The zero-order valence-corrected chi connectivity index (χ0v) is 10.6. The Morgan fingerprint density at radius 3 is 2.53 bits per heavy atom. The number of hydrogen-bond acceptors (Lipinski definition) is 0. The van der Waals surface area contributed by atoms with E-state index in [0.29, 0.717) is 11.8 Å². The van der Waals surface area contributed by atoms with Crippen LogP contribution in [0, 0.1) is 0 Å². The van der Waals surface area contributed by atoms with Crippen LogP contribution in [0.25, 0.3) is 0 Å². The van der Waals surface area contributed by atoms with E-state index in [9.17, 15) is 0 Å². The molecule has 0 amide bonds. The Hall–Kier alpha value is -1.27. The van der Waals surface area contributed by atoms with Crippen LogP contribution < -0.4 is 0 Å². The first-order valence-electron chi connectivity index (χ1n) is 6.10. The molecule has 0 N–H and O–H groups in total. The van der Waals surface area contributed by atoms with Gasteiger partial charge in [-0.1, -0.05) is 54.9 Å². The molecule has 2 aromatic carbocycles. The second-order valence-electron chi connectivity index (χ2n) is 4.87. The molecule has 3 rings (SSSR count). The predicted octanol–water partition coefficient (Wildman–Crippen LogP) is 4.98. The van der Waals surface area contributed by atoms with Gasteiger partial charge in [-0.05, 0) is 41.2 Å². The summed E-state index contributed by atoms with van der Waals surface area (Å²) in [6.07, 6.45) is 1.19. The van der Waals surface area contributed by atoms with E-state index >= 15 is 0 Å². The lowest BCUT2D eigenvalue weighted by atomic mass is 9.93. The molecule has 0 radical (unpaired) electrons. The third kappa shape index (κ3) is 1.87. The number of rotatable bonds is 1. The molecule has 1 aliphatic carbocycles. The highest BCUT2D eigenvalue weighted by Crippen LogP contribution is 2.44. The average Bonchev–Trinajstić information content (AvgIpc) is 2.68. The van der Waals surface area contributed by atoms with Crippen molar-refractivity contribution in [3.63, 3.8) is 0 Å². The zero-order chi connectivity index (χ0) is 11.8. The fraction of sp³-hybridized carbons (Fsp3) is 0.250. The topological polar surface area (TPSA) is 0 Å². The first-order valence-corrected chi connectivity index (χ1v) is 6.48. The van der Waals surface area contributed by atoms with Crippen molar-refractivity contribution >= 4 is 11.6 Å². The highest BCUT2D eigenvalue weighted by atomic mass is 35.5. The molecule has 0 aromatic heterocycles. The quantitative estimate of drug-likeness (QED) is 0.662. The van der Waals surface area contributed by atoms with Crippen molar-refractivity contribution in [3.8, 4) is 0 Å². The first-order chi connectivity index (χ1) is 8.25. The van der Waals surface area contributed by atoms with Crippen molar-refractivity contribution in [1.82, 2.24) is 0 Å². The van der Waals surface area contributed by atoms with Crippen LogP contribution in [0.4, 0.5) is 0 Å². The number of hydrogen-bond donors (Lipinski definition) is 0. The van der Waals surface area contributed by atoms with E-state index in [1.165, 1.54) is 23.1 Å². The van der Waals surface area contributed by atoms with Crippen LogP contribution >= 0.6 is 11.6 Å². The van der Waals surface area contributed by atoms with Gasteiger partial charge in [-0.3, -0.25) is 0 Å². The largest absolute Gasteiger partial charge is 0.0843 e. The van der Waals surface area contributed by atoms with Gasteiger partial charge < -0.3 is 0 Å². The average molecular weight is 243 g/mol. The second kappa shape index (κ2) is 4.19. The summed E-state index contributed by atoms with van der Waals surface area (Å²) in [6.45, 7) is 2.31. The molecule has 2 atom stereocenters. The molecular weight excluding hydrogens is 228 g/mol. The van der Waals surface area contributed by atoms with Crippen molar-refractivity contribution in [1.29, 1.82) is 0 Å². The molecule has 0 saturated heterocycles. The smallest absolute Gasteiger partial charge is 0.0408 e. The summed E-state index contributed by atoms with van der Waals surface area (Å²) in [4.78, 5) is 0. The molecule has 1 aliphatic rings. The van der Waals surface area contributed by atoms with E-state index < -0.39 is 0 Å². The maximum absolute atomic E-state index is 6.09. The molecule has 0 aliphatic heterocycles. The molecule has 2 aromatic rings. The standard InChI is InChI=1S/C16H15Cl/c1-11-9-16(12-5-4-6-13(17)10-12)15-8-3-2-7-14(11)15/h2-8,10-11,16H,9H2,1H3. The van der Waals surface area contributed by atoms with Gasteiger partial charge in [0.25, 0.3) is 0 Å².